The van der Waals surface area contributed by atoms with Gasteiger partial charge in [-0.15, -0.1) is 0 Å². The molecule has 1 heteroatoms. The van der Waals surface area contributed by atoms with Crippen molar-refractivity contribution in [3.05, 3.63) is 41.5 Å². The summed E-state index contributed by atoms with van der Waals surface area (Å²) < 4.78 is 0. The Hall–Kier alpha value is -1.37. The molecular weight excluding hydrogens is 230 g/mol. The Kier molecular flexibility index (Phi) is 6.55. The second kappa shape index (κ2) is 7.93. The van der Waals surface area contributed by atoms with Gasteiger partial charge >= 0.3 is 0 Å². The second-order valence-electron chi connectivity index (χ2n) is 5.30. The summed E-state index contributed by atoms with van der Waals surface area (Å²) in [5.41, 5.74) is 5.00. The number of rotatable bonds is 6. The zero-order valence-electron chi connectivity index (χ0n) is 13.0. The van der Waals surface area contributed by atoms with Gasteiger partial charge in [0.05, 0.1) is 5.69 Å². The van der Waals surface area contributed by atoms with Crippen LogP contribution in [0.3, 0.4) is 0 Å². The molecule has 1 rings (SSSR count). The summed E-state index contributed by atoms with van der Waals surface area (Å²) in [7, 11) is 0. The maximum atomic E-state index is 4.87. The van der Waals surface area contributed by atoms with E-state index in [1.807, 2.05) is 0 Å². The molecule has 19 heavy (non-hydrogen) atoms. The third-order valence-corrected chi connectivity index (χ3v) is 3.28. The van der Waals surface area contributed by atoms with E-state index < -0.39 is 0 Å². The Morgan fingerprint density at radius 3 is 2.47 bits per heavy atom. The lowest BCUT2D eigenvalue weighted by atomic mass is 10.0. The van der Waals surface area contributed by atoms with Crippen LogP contribution in [0.25, 0.3) is 0 Å². The Morgan fingerprint density at radius 1 is 1.21 bits per heavy atom. The van der Waals surface area contributed by atoms with Crippen molar-refractivity contribution in [3.63, 3.8) is 0 Å². The summed E-state index contributed by atoms with van der Waals surface area (Å²) in [6.45, 7) is 11.0. The van der Waals surface area contributed by atoms with Gasteiger partial charge in [-0.1, -0.05) is 58.4 Å². The summed E-state index contributed by atoms with van der Waals surface area (Å²) in [5.74, 6) is 0.512. The van der Waals surface area contributed by atoms with Gasteiger partial charge in [-0.2, -0.15) is 0 Å². The average molecular weight is 257 g/mol. The van der Waals surface area contributed by atoms with E-state index in [-0.39, 0.29) is 0 Å². The molecular formula is C18H27N. The van der Waals surface area contributed by atoms with Crippen LogP contribution in [0.2, 0.25) is 0 Å². The van der Waals surface area contributed by atoms with E-state index in [0.29, 0.717) is 5.92 Å². The van der Waals surface area contributed by atoms with E-state index in [1.54, 1.807) is 0 Å². The van der Waals surface area contributed by atoms with Gasteiger partial charge in [0.15, 0.2) is 0 Å². The number of hydrogen-bond donors (Lipinski definition) is 0. The summed E-state index contributed by atoms with van der Waals surface area (Å²) in [6.07, 6.45) is 5.67. The normalized spacial score (nSPS) is 13.2. The molecule has 0 unspecified atom stereocenters. The topological polar surface area (TPSA) is 12.4 Å². The van der Waals surface area contributed by atoms with E-state index in [9.17, 15) is 0 Å². The predicted molar refractivity (Wildman–Crippen MR) is 86.6 cm³/mol. The van der Waals surface area contributed by atoms with Gasteiger partial charge in [-0.05, 0) is 42.9 Å². The number of nitrogens with zero attached hydrogens (tertiary/aromatic N) is 1. The summed E-state index contributed by atoms with van der Waals surface area (Å²) >= 11 is 0. The maximum absolute atomic E-state index is 4.87. The molecule has 1 nitrogen and oxygen atoms in total. The lowest BCUT2D eigenvalue weighted by Gasteiger charge is -2.11. The van der Waals surface area contributed by atoms with Gasteiger partial charge in [0.25, 0.3) is 0 Å². The van der Waals surface area contributed by atoms with Crippen molar-refractivity contribution < 1.29 is 0 Å². The molecule has 0 heterocycles. The molecule has 1 aromatic rings. The first kappa shape index (κ1) is 15.7. The fourth-order valence-electron chi connectivity index (χ4n) is 2.28. The van der Waals surface area contributed by atoms with Crippen molar-refractivity contribution in [3.8, 4) is 0 Å². The third kappa shape index (κ3) is 4.66. The monoisotopic (exact) mass is 257 g/mol. The number of para-hydroxylation sites is 1. The summed E-state index contributed by atoms with van der Waals surface area (Å²) in [5, 5.41) is 0. The largest absolute Gasteiger partial charge is 0.253 e. The minimum Gasteiger partial charge on any atom is -0.253 e. The van der Waals surface area contributed by atoms with E-state index in [1.165, 1.54) is 17.6 Å². The van der Waals surface area contributed by atoms with Gasteiger partial charge in [0.2, 0.25) is 0 Å². The van der Waals surface area contributed by atoms with Crippen LogP contribution in [-0.4, -0.2) is 5.71 Å². The summed E-state index contributed by atoms with van der Waals surface area (Å²) in [6, 6.07) is 8.47. The van der Waals surface area contributed by atoms with Crippen LogP contribution >= 0.6 is 0 Å². The van der Waals surface area contributed by atoms with Crippen molar-refractivity contribution >= 4 is 11.4 Å². The quantitative estimate of drug-likeness (QED) is 0.551. The smallest absolute Gasteiger partial charge is 0.0667 e. The Balaban J connectivity index is 3.10. The highest BCUT2D eigenvalue weighted by Gasteiger charge is 2.06. The highest BCUT2D eigenvalue weighted by Crippen LogP contribution is 2.27. The van der Waals surface area contributed by atoms with Crippen LogP contribution in [0.4, 0.5) is 5.69 Å². The van der Waals surface area contributed by atoms with Crippen LogP contribution in [0.15, 0.2) is 40.9 Å². The second-order valence-corrected chi connectivity index (χ2v) is 5.30. The molecule has 104 valence electrons. The minimum absolute atomic E-state index is 0.512. The molecule has 0 fully saturated rings. The lowest BCUT2D eigenvalue weighted by molar-refractivity contribution is 0.866. The van der Waals surface area contributed by atoms with Crippen molar-refractivity contribution in [2.24, 2.45) is 4.99 Å². The fourth-order valence-corrected chi connectivity index (χ4v) is 2.28. The van der Waals surface area contributed by atoms with E-state index in [4.69, 9.17) is 4.99 Å². The zero-order chi connectivity index (χ0) is 14.3. The van der Waals surface area contributed by atoms with Crippen molar-refractivity contribution in [2.45, 2.75) is 59.8 Å². The molecule has 0 aliphatic carbocycles. The highest BCUT2D eigenvalue weighted by molar-refractivity contribution is 5.99. The van der Waals surface area contributed by atoms with Crippen molar-refractivity contribution in [2.75, 3.05) is 0 Å². The van der Waals surface area contributed by atoms with E-state index >= 15 is 0 Å². The van der Waals surface area contributed by atoms with E-state index in [0.717, 1.165) is 24.2 Å². The van der Waals surface area contributed by atoms with Crippen LogP contribution in [0.5, 0.6) is 0 Å². The number of aliphatic imine (C=N–C) groups is 1. The van der Waals surface area contributed by atoms with Crippen LogP contribution in [0, 0.1) is 0 Å². The third-order valence-electron chi connectivity index (χ3n) is 3.28. The molecule has 1 aromatic carbocycles. The first-order valence-electron chi connectivity index (χ1n) is 7.43. The first-order chi connectivity index (χ1) is 9.10. The summed E-state index contributed by atoms with van der Waals surface area (Å²) in [4.78, 5) is 4.87. The van der Waals surface area contributed by atoms with Crippen LogP contribution in [0.1, 0.15) is 65.4 Å². The molecule has 0 saturated carbocycles. The van der Waals surface area contributed by atoms with Gasteiger partial charge in [0, 0.05) is 5.71 Å². The minimum atomic E-state index is 0.512. The zero-order valence-corrected chi connectivity index (χ0v) is 13.0. The van der Waals surface area contributed by atoms with Gasteiger partial charge in [0.1, 0.15) is 0 Å². The van der Waals surface area contributed by atoms with E-state index in [2.05, 4.69) is 65.0 Å². The van der Waals surface area contributed by atoms with Crippen LogP contribution in [-0.2, 0) is 0 Å². The van der Waals surface area contributed by atoms with Crippen LogP contribution < -0.4 is 0 Å². The van der Waals surface area contributed by atoms with Gasteiger partial charge in [-0.25, -0.2) is 0 Å². The predicted octanol–water partition coefficient (Wildman–Crippen LogP) is 6.04. The highest BCUT2D eigenvalue weighted by atomic mass is 14.7. The molecule has 0 bridgehead atoms. The van der Waals surface area contributed by atoms with Gasteiger partial charge in [-0.3, -0.25) is 4.99 Å². The molecule has 0 atom stereocenters. The van der Waals surface area contributed by atoms with Crippen molar-refractivity contribution in [1.29, 1.82) is 0 Å². The molecule has 0 aliphatic rings. The van der Waals surface area contributed by atoms with Gasteiger partial charge < -0.3 is 0 Å². The Morgan fingerprint density at radius 2 is 1.89 bits per heavy atom. The SMILES string of the molecule is CC/C=C(\CCC)C(C)=Nc1ccccc1C(C)C. The number of hydrogen-bond acceptors (Lipinski definition) is 1. The fraction of sp³-hybridized carbons (Fsp3) is 0.500. The maximum Gasteiger partial charge on any atom is 0.0667 e. The average Bonchev–Trinajstić information content (AvgIpc) is 2.38. The standard InChI is InChI=1S/C18H27N/c1-6-10-16(11-7-2)15(5)19-18-13-9-8-12-17(18)14(3)4/h8-10,12-14H,6-7,11H2,1-5H3/b16-10+,19-15?. The van der Waals surface area contributed by atoms with Crippen molar-refractivity contribution in [1.82, 2.24) is 0 Å². The lowest BCUT2D eigenvalue weighted by Crippen LogP contribution is -1.98. The molecule has 0 amide bonds. The molecule has 0 aromatic heterocycles. The number of allylic oxidation sites excluding steroid dienone is 2. The molecule has 0 spiro atoms. The molecule has 0 aliphatic heterocycles. The number of benzene rings is 1. The molecule has 0 radical (unpaired) electrons. The molecule has 0 N–H and O–H groups in total. The Labute approximate surface area is 118 Å². The first-order valence-corrected chi connectivity index (χ1v) is 7.43. The Bertz CT molecular complexity index is 453. The molecule has 0 saturated heterocycles.